The summed E-state index contributed by atoms with van der Waals surface area (Å²) in [6.07, 6.45) is 7.39. The van der Waals surface area contributed by atoms with Crippen molar-refractivity contribution in [1.29, 1.82) is 0 Å². The number of rotatable bonds is 7. The molecule has 6 nitrogen and oxygen atoms in total. The van der Waals surface area contributed by atoms with Crippen LogP contribution in [0.1, 0.15) is 70.9 Å². The monoisotopic (exact) mass is 439 g/mol. The molecular weight excluding hydrogens is 390 g/mol. The molecule has 1 aromatic rings. The van der Waals surface area contributed by atoms with Crippen LogP contribution in [0.2, 0.25) is 0 Å². The van der Waals surface area contributed by atoms with E-state index in [1.165, 1.54) is 25.7 Å². The van der Waals surface area contributed by atoms with Crippen molar-refractivity contribution < 1.29 is 14.3 Å². The molecule has 1 aliphatic rings. The number of amides is 1. The molecule has 1 heterocycles. The zero-order chi connectivity index (χ0) is 24.2. The molecule has 2 rings (SSSR count). The normalized spacial score (nSPS) is 17.6. The second-order valence-electron chi connectivity index (χ2n) is 7.60. The lowest BCUT2D eigenvalue weighted by Crippen LogP contribution is -2.51. The number of methoxy groups -OCH3 is 2. The Labute approximate surface area is 191 Å². The molecule has 0 aliphatic carbocycles. The summed E-state index contributed by atoms with van der Waals surface area (Å²) in [6.45, 7) is 14.4. The third-order valence-electron chi connectivity index (χ3n) is 5.09. The van der Waals surface area contributed by atoms with Crippen LogP contribution >= 0.6 is 0 Å². The van der Waals surface area contributed by atoms with E-state index in [1.54, 1.807) is 14.2 Å². The van der Waals surface area contributed by atoms with E-state index < -0.39 is 0 Å². The predicted molar refractivity (Wildman–Crippen MR) is 134 cm³/mol. The fraction of sp³-hybridized carbons (Fsp3) is 0.720. The average Bonchev–Trinajstić information content (AvgIpc) is 2.78. The van der Waals surface area contributed by atoms with Crippen molar-refractivity contribution in [2.24, 2.45) is 0 Å². The molecule has 0 saturated carbocycles. The summed E-state index contributed by atoms with van der Waals surface area (Å²) >= 11 is 0. The third kappa shape index (κ3) is 14.0. The second kappa shape index (κ2) is 20.1. The summed E-state index contributed by atoms with van der Waals surface area (Å²) in [5.41, 5.74) is 8.69. The third-order valence-corrected chi connectivity index (χ3v) is 5.09. The lowest BCUT2D eigenvalue weighted by molar-refractivity contribution is -0.111. The Balaban J connectivity index is 0. The van der Waals surface area contributed by atoms with Crippen molar-refractivity contribution in [3.8, 4) is 5.75 Å². The zero-order valence-corrected chi connectivity index (χ0v) is 21.6. The van der Waals surface area contributed by atoms with Gasteiger partial charge in [0, 0.05) is 25.4 Å². The van der Waals surface area contributed by atoms with Gasteiger partial charge in [-0.1, -0.05) is 59.4 Å². The molecule has 1 amide bonds. The van der Waals surface area contributed by atoms with Crippen LogP contribution in [0.15, 0.2) is 12.1 Å². The number of aryl methyl sites for hydroxylation is 2. The van der Waals surface area contributed by atoms with Crippen molar-refractivity contribution >= 4 is 12.1 Å². The maximum Gasteiger partial charge on any atom is 0.207 e. The first-order chi connectivity index (χ1) is 14.8. The number of nitrogens with two attached hydrogens (primary N) is 1. The average molecular weight is 440 g/mol. The minimum atomic E-state index is 0.133. The highest BCUT2D eigenvalue weighted by Crippen LogP contribution is 2.23. The number of carbonyl (C=O) groups is 1. The molecule has 31 heavy (non-hydrogen) atoms. The van der Waals surface area contributed by atoms with Crippen molar-refractivity contribution in [2.75, 3.05) is 40.1 Å². The van der Waals surface area contributed by atoms with E-state index in [0.717, 1.165) is 48.5 Å². The molecule has 182 valence electrons. The molecule has 2 atom stereocenters. The smallest absolute Gasteiger partial charge is 0.207 e. The number of unbranched alkanes of at least 4 members (excludes halogenated alkanes) is 3. The van der Waals surface area contributed by atoms with Crippen LogP contribution in [-0.4, -0.2) is 57.8 Å². The molecule has 2 unspecified atom stereocenters. The molecule has 3 N–H and O–H groups in total. The van der Waals surface area contributed by atoms with E-state index in [1.807, 2.05) is 39.8 Å². The van der Waals surface area contributed by atoms with Gasteiger partial charge in [0.1, 0.15) is 5.75 Å². The largest absolute Gasteiger partial charge is 0.496 e. The SMILES string of the molecule is CC.CCCCCC.COC1CN(C)CCC1NC=O.COc1cc(N)c(C)cc1C. The van der Waals surface area contributed by atoms with E-state index >= 15 is 0 Å². The van der Waals surface area contributed by atoms with Crippen LogP contribution in [0, 0.1) is 13.8 Å². The Hall–Kier alpha value is -1.79. The standard InChI is InChI=1S/C9H13NO.C8H16N2O2.C6H14.C2H6/c1-6-4-7(2)9(11-3)5-8(6)10;1-10-4-3-7(9-6-11)8(5-10)12-2;1-3-5-6-4-2;1-2/h4-5H,10H2,1-3H3;6-8H,3-5H2,1-2H3,(H,9,11);3-6H2,1-2H3;1-2H3. The summed E-state index contributed by atoms with van der Waals surface area (Å²) in [7, 11) is 5.39. The number of likely N-dealkylation sites (N-methyl/N-ethyl adjacent to an activating group) is 1. The summed E-state index contributed by atoms with van der Waals surface area (Å²) in [5.74, 6) is 0.855. The topological polar surface area (TPSA) is 76.8 Å². The minimum absolute atomic E-state index is 0.133. The maximum atomic E-state index is 10.2. The number of nitrogens with one attached hydrogen (secondary N) is 1. The van der Waals surface area contributed by atoms with E-state index in [2.05, 4.69) is 31.1 Å². The van der Waals surface area contributed by atoms with Crippen LogP contribution in [0.4, 0.5) is 5.69 Å². The van der Waals surface area contributed by atoms with E-state index in [0.29, 0.717) is 0 Å². The lowest BCUT2D eigenvalue weighted by atomic mass is 10.0. The number of nitrogen functional groups attached to an aromatic ring is 1. The number of anilines is 1. The fourth-order valence-corrected chi connectivity index (χ4v) is 3.16. The van der Waals surface area contributed by atoms with E-state index in [4.69, 9.17) is 15.2 Å². The van der Waals surface area contributed by atoms with Gasteiger partial charge < -0.3 is 25.4 Å². The Morgan fingerprint density at radius 3 is 2.16 bits per heavy atom. The number of nitrogens with zero attached hydrogens (tertiary/aromatic N) is 1. The summed E-state index contributed by atoms with van der Waals surface area (Å²) in [6, 6.07) is 4.06. The Kier molecular flexibility index (Phi) is 20.4. The maximum absolute atomic E-state index is 10.2. The highest BCUT2D eigenvalue weighted by Gasteiger charge is 2.26. The first-order valence-electron chi connectivity index (χ1n) is 11.7. The number of hydrogen-bond donors (Lipinski definition) is 2. The minimum Gasteiger partial charge on any atom is -0.496 e. The van der Waals surface area contributed by atoms with Crippen molar-refractivity contribution in [2.45, 2.75) is 85.8 Å². The van der Waals surface area contributed by atoms with Crippen LogP contribution in [0.25, 0.3) is 0 Å². The van der Waals surface area contributed by atoms with E-state index in [9.17, 15) is 4.79 Å². The number of piperidine rings is 1. The van der Waals surface area contributed by atoms with Crippen LogP contribution in [0.5, 0.6) is 5.75 Å². The molecule has 1 aromatic carbocycles. The van der Waals surface area contributed by atoms with Crippen LogP contribution in [-0.2, 0) is 9.53 Å². The number of likely N-dealkylation sites (tertiary alicyclic amines) is 1. The fourth-order valence-electron chi connectivity index (χ4n) is 3.16. The molecular formula is C25H49N3O3. The molecule has 1 fully saturated rings. The molecule has 0 spiro atoms. The van der Waals surface area contributed by atoms with Gasteiger partial charge in [-0.2, -0.15) is 0 Å². The number of carbonyl (C=O) groups excluding carboxylic acids is 1. The van der Waals surface area contributed by atoms with Gasteiger partial charge in [-0.15, -0.1) is 0 Å². The number of hydrogen-bond acceptors (Lipinski definition) is 5. The van der Waals surface area contributed by atoms with Gasteiger partial charge in [-0.3, -0.25) is 4.79 Å². The molecule has 0 bridgehead atoms. The van der Waals surface area contributed by atoms with Crippen molar-refractivity contribution in [1.82, 2.24) is 10.2 Å². The summed E-state index contributed by atoms with van der Waals surface area (Å²) in [4.78, 5) is 12.4. The molecule has 0 radical (unpaired) electrons. The highest BCUT2D eigenvalue weighted by atomic mass is 16.5. The molecule has 1 aliphatic heterocycles. The second-order valence-corrected chi connectivity index (χ2v) is 7.60. The van der Waals surface area contributed by atoms with E-state index in [-0.39, 0.29) is 12.1 Å². The van der Waals surface area contributed by atoms with Crippen molar-refractivity contribution in [3.05, 3.63) is 23.3 Å². The van der Waals surface area contributed by atoms with Gasteiger partial charge in [0.2, 0.25) is 6.41 Å². The van der Waals surface area contributed by atoms with Gasteiger partial charge in [-0.05, 0) is 45.0 Å². The van der Waals surface area contributed by atoms with Crippen LogP contribution in [0.3, 0.4) is 0 Å². The first-order valence-corrected chi connectivity index (χ1v) is 11.7. The van der Waals surface area contributed by atoms with Gasteiger partial charge in [0.15, 0.2) is 0 Å². The molecule has 1 saturated heterocycles. The van der Waals surface area contributed by atoms with Crippen molar-refractivity contribution in [3.63, 3.8) is 0 Å². The lowest BCUT2D eigenvalue weighted by Gasteiger charge is -2.35. The Morgan fingerprint density at radius 1 is 1.13 bits per heavy atom. The number of ether oxygens (including phenoxy) is 2. The quantitative estimate of drug-likeness (QED) is 0.357. The van der Waals surface area contributed by atoms with Gasteiger partial charge >= 0.3 is 0 Å². The van der Waals surface area contributed by atoms with Gasteiger partial charge in [0.25, 0.3) is 0 Å². The summed E-state index contributed by atoms with van der Waals surface area (Å²) in [5, 5.41) is 2.77. The Morgan fingerprint density at radius 2 is 1.71 bits per heavy atom. The van der Waals surface area contributed by atoms with Gasteiger partial charge in [0.05, 0.1) is 19.3 Å². The first kappa shape index (κ1) is 31.4. The predicted octanol–water partition coefficient (Wildman–Crippen LogP) is 4.96. The van der Waals surface area contributed by atoms with Gasteiger partial charge in [-0.25, -0.2) is 0 Å². The molecule has 6 heteroatoms. The summed E-state index contributed by atoms with van der Waals surface area (Å²) < 4.78 is 10.4. The zero-order valence-electron chi connectivity index (χ0n) is 21.6. The molecule has 0 aromatic heterocycles. The highest BCUT2D eigenvalue weighted by molar-refractivity contribution is 5.54. The van der Waals surface area contributed by atoms with Crippen LogP contribution < -0.4 is 15.8 Å². The number of benzene rings is 1. The Bertz CT molecular complexity index is 563.